The molecule has 0 unspecified atom stereocenters. The van der Waals surface area contributed by atoms with Crippen LogP contribution in [0.1, 0.15) is 18.1 Å². The van der Waals surface area contributed by atoms with E-state index in [1.165, 1.54) is 0 Å². The highest BCUT2D eigenvalue weighted by Gasteiger charge is 2.10. The lowest BCUT2D eigenvalue weighted by atomic mass is 10.1. The third-order valence-corrected chi connectivity index (χ3v) is 2.75. The maximum Gasteiger partial charge on any atom is 0.121 e. The Balaban J connectivity index is 2.69. The SMILES string of the molecule is O[C@H](CC(Cl)=C(Cl)Cl)c1ccccc1. The maximum atomic E-state index is 9.70. The molecule has 0 aliphatic heterocycles. The third-order valence-electron chi connectivity index (χ3n) is 1.76. The quantitative estimate of drug-likeness (QED) is 0.861. The first-order valence-electron chi connectivity index (χ1n) is 4.04. The molecule has 0 aliphatic carbocycles. The van der Waals surface area contributed by atoms with Crippen molar-refractivity contribution in [3.05, 3.63) is 45.4 Å². The van der Waals surface area contributed by atoms with Gasteiger partial charge in [-0.1, -0.05) is 65.1 Å². The third kappa shape index (κ3) is 3.50. The minimum Gasteiger partial charge on any atom is -0.388 e. The molecule has 1 N–H and O–H groups in total. The summed E-state index contributed by atoms with van der Waals surface area (Å²) >= 11 is 16.6. The highest BCUT2D eigenvalue weighted by molar-refractivity contribution is 6.59. The Morgan fingerprint density at radius 3 is 2.21 bits per heavy atom. The molecule has 1 atom stereocenters. The van der Waals surface area contributed by atoms with Crippen molar-refractivity contribution in [2.45, 2.75) is 12.5 Å². The van der Waals surface area contributed by atoms with Gasteiger partial charge in [0.15, 0.2) is 0 Å². The Morgan fingerprint density at radius 2 is 1.71 bits per heavy atom. The Kier molecular flexibility index (Phi) is 4.76. The van der Waals surface area contributed by atoms with E-state index in [9.17, 15) is 5.11 Å². The second kappa shape index (κ2) is 5.62. The molecule has 1 nitrogen and oxygen atoms in total. The van der Waals surface area contributed by atoms with Crippen molar-refractivity contribution in [1.82, 2.24) is 0 Å². The number of aliphatic hydroxyl groups excluding tert-OH is 1. The summed E-state index contributed by atoms with van der Waals surface area (Å²) in [6, 6.07) is 9.20. The zero-order valence-corrected chi connectivity index (χ0v) is 9.52. The van der Waals surface area contributed by atoms with Crippen LogP contribution in [0.4, 0.5) is 0 Å². The Bertz CT molecular complexity index is 317. The summed E-state index contributed by atoms with van der Waals surface area (Å²) in [6.07, 6.45) is -0.440. The van der Waals surface area contributed by atoms with Gasteiger partial charge in [0.25, 0.3) is 0 Å². The summed E-state index contributed by atoms with van der Waals surface area (Å²) in [7, 11) is 0. The Labute approximate surface area is 97.9 Å². The van der Waals surface area contributed by atoms with Crippen LogP contribution in [0, 0.1) is 0 Å². The molecule has 0 amide bonds. The van der Waals surface area contributed by atoms with Crippen molar-refractivity contribution in [1.29, 1.82) is 0 Å². The summed E-state index contributed by atoms with van der Waals surface area (Å²) in [5, 5.41) is 9.97. The van der Waals surface area contributed by atoms with Crippen LogP contribution in [-0.2, 0) is 0 Å². The van der Waals surface area contributed by atoms with E-state index in [-0.39, 0.29) is 15.9 Å². The van der Waals surface area contributed by atoms with Gasteiger partial charge in [-0.05, 0) is 5.56 Å². The van der Waals surface area contributed by atoms with E-state index in [2.05, 4.69) is 0 Å². The zero-order valence-electron chi connectivity index (χ0n) is 7.25. The van der Waals surface area contributed by atoms with Gasteiger partial charge in [0, 0.05) is 6.42 Å². The molecular formula is C10H9Cl3O. The molecule has 0 saturated carbocycles. The molecule has 14 heavy (non-hydrogen) atoms. The Hall–Kier alpha value is -0.210. The zero-order chi connectivity index (χ0) is 10.6. The van der Waals surface area contributed by atoms with Crippen molar-refractivity contribution in [2.24, 2.45) is 0 Å². The molecule has 76 valence electrons. The second-order valence-corrected chi connectivity index (χ2v) is 4.20. The lowest BCUT2D eigenvalue weighted by molar-refractivity contribution is 0.180. The maximum absolute atomic E-state index is 9.70. The topological polar surface area (TPSA) is 20.2 Å². The number of hydrogen-bond acceptors (Lipinski definition) is 1. The minimum absolute atomic E-state index is 0.00153. The summed E-state index contributed by atoms with van der Waals surface area (Å²) in [5.74, 6) is 0. The largest absolute Gasteiger partial charge is 0.388 e. The molecule has 0 radical (unpaired) electrons. The van der Waals surface area contributed by atoms with E-state index >= 15 is 0 Å². The average Bonchev–Trinajstić information content (AvgIpc) is 2.19. The van der Waals surface area contributed by atoms with Gasteiger partial charge in [-0.25, -0.2) is 0 Å². The van der Waals surface area contributed by atoms with Gasteiger partial charge >= 0.3 is 0 Å². The molecule has 1 aromatic rings. The van der Waals surface area contributed by atoms with Crippen molar-refractivity contribution in [3.8, 4) is 0 Å². The monoisotopic (exact) mass is 250 g/mol. The van der Waals surface area contributed by atoms with Crippen LogP contribution in [0.15, 0.2) is 39.9 Å². The predicted octanol–water partition coefficient (Wildman–Crippen LogP) is 4.00. The molecule has 0 fully saturated rings. The fourth-order valence-corrected chi connectivity index (χ4v) is 1.34. The summed E-state index contributed by atoms with van der Waals surface area (Å²) in [5.41, 5.74) is 0.792. The van der Waals surface area contributed by atoms with Crippen molar-refractivity contribution < 1.29 is 5.11 Å². The normalized spacial score (nSPS) is 12.3. The summed E-state index contributed by atoms with van der Waals surface area (Å²) in [6.45, 7) is 0. The molecule has 1 aromatic carbocycles. The van der Waals surface area contributed by atoms with E-state index in [1.54, 1.807) is 0 Å². The molecule has 0 heterocycles. The molecule has 0 spiro atoms. The van der Waals surface area contributed by atoms with E-state index in [4.69, 9.17) is 34.8 Å². The first-order chi connectivity index (χ1) is 6.61. The Morgan fingerprint density at radius 1 is 1.14 bits per heavy atom. The fourth-order valence-electron chi connectivity index (χ4n) is 1.04. The van der Waals surface area contributed by atoms with Gasteiger partial charge < -0.3 is 5.11 Å². The number of rotatable bonds is 3. The number of hydrogen-bond donors (Lipinski definition) is 1. The van der Waals surface area contributed by atoms with Crippen molar-refractivity contribution >= 4 is 34.8 Å². The van der Waals surface area contributed by atoms with E-state index in [0.29, 0.717) is 0 Å². The van der Waals surface area contributed by atoms with E-state index < -0.39 is 6.10 Å². The lowest BCUT2D eigenvalue weighted by Crippen LogP contribution is -1.96. The van der Waals surface area contributed by atoms with Crippen LogP contribution in [0.2, 0.25) is 0 Å². The fraction of sp³-hybridized carbons (Fsp3) is 0.200. The molecule has 0 aliphatic rings. The van der Waals surface area contributed by atoms with Gasteiger partial charge in [0.05, 0.1) is 11.1 Å². The molecule has 1 rings (SSSR count). The van der Waals surface area contributed by atoms with E-state index in [1.807, 2.05) is 30.3 Å². The second-order valence-electron chi connectivity index (χ2n) is 2.80. The van der Waals surface area contributed by atoms with Crippen LogP contribution >= 0.6 is 34.8 Å². The molecule has 0 bridgehead atoms. The van der Waals surface area contributed by atoms with Crippen LogP contribution in [-0.4, -0.2) is 5.11 Å². The first kappa shape index (κ1) is 11.9. The van der Waals surface area contributed by atoms with Gasteiger partial charge in [-0.2, -0.15) is 0 Å². The summed E-state index contributed by atoms with van der Waals surface area (Å²) < 4.78 is 0.00153. The highest BCUT2D eigenvalue weighted by Crippen LogP contribution is 2.28. The van der Waals surface area contributed by atoms with E-state index in [0.717, 1.165) is 5.56 Å². The number of halogens is 3. The smallest absolute Gasteiger partial charge is 0.121 e. The average molecular weight is 252 g/mol. The van der Waals surface area contributed by atoms with Crippen molar-refractivity contribution in [3.63, 3.8) is 0 Å². The van der Waals surface area contributed by atoms with Crippen LogP contribution in [0.3, 0.4) is 0 Å². The first-order valence-corrected chi connectivity index (χ1v) is 5.17. The number of aliphatic hydroxyl groups is 1. The highest BCUT2D eigenvalue weighted by atomic mass is 35.5. The molecule has 4 heteroatoms. The van der Waals surface area contributed by atoms with Crippen molar-refractivity contribution in [2.75, 3.05) is 0 Å². The number of benzene rings is 1. The molecular weight excluding hydrogens is 242 g/mol. The summed E-state index contributed by atoms with van der Waals surface area (Å²) in [4.78, 5) is 0. The van der Waals surface area contributed by atoms with Crippen LogP contribution in [0.25, 0.3) is 0 Å². The van der Waals surface area contributed by atoms with Gasteiger partial charge in [0.1, 0.15) is 4.49 Å². The van der Waals surface area contributed by atoms with Gasteiger partial charge in [0.2, 0.25) is 0 Å². The minimum atomic E-state index is -0.670. The van der Waals surface area contributed by atoms with Gasteiger partial charge in [-0.3, -0.25) is 0 Å². The lowest BCUT2D eigenvalue weighted by Gasteiger charge is -2.09. The standard InChI is InChI=1S/C10H9Cl3O/c11-8(10(12)13)6-9(14)7-4-2-1-3-5-7/h1-5,9,14H,6H2/t9-/m1/s1. The molecule has 0 aromatic heterocycles. The van der Waals surface area contributed by atoms with Gasteiger partial charge in [-0.15, -0.1) is 0 Å². The predicted molar refractivity (Wildman–Crippen MR) is 60.6 cm³/mol. The van der Waals surface area contributed by atoms with Crippen LogP contribution in [0.5, 0.6) is 0 Å². The van der Waals surface area contributed by atoms with Crippen LogP contribution < -0.4 is 0 Å². The molecule has 0 saturated heterocycles.